The number of nitrogens with two attached hydrogens (primary N) is 1. The summed E-state index contributed by atoms with van der Waals surface area (Å²) >= 11 is 6.08. The Bertz CT molecular complexity index is 423. The first kappa shape index (κ1) is 13.2. The molecule has 98 valence electrons. The lowest BCUT2D eigenvalue weighted by molar-refractivity contribution is 0.556. The SMILES string of the molecule is N=C(N)c1ccc(Cl)cc1N1CCCCCCC1. The fraction of sp³-hybridized carbons (Fsp3) is 0.500. The minimum Gasteiger partial charge on any atom is -0.384 e. The van der Waals surface area contributed by atoms with Crippen molar-refractivity contribution in [1.82, 2.24) is 0 Å². The molecule has 1 aliphatic rings. The highest BCUT2D eigenvalue weighted by atomic mass is 35.5. The van der Waals surface area contributed by atoms with Gasteiger partial charge >= 0.3 is 0 Å². The number of rotatable bonds is 2. The van der Waals surface area contributed by atoms with Gasteiger partial charge in [0.15, 0.2) is 0 Å². The second kappa shape index (κ2) is 6.10. The standard InChI is InChI=1S/C14H20ClN3/c15-11-6-7-12(14(16)17)13(10-11)18-8-4-2-1-3-5-9-18/h6-7,10H,1-5,8-9H2,(H3,16,17). The van der Waals surface area contributed by atoms with Crippen molar-refractivity contribution in [3.63, 3.8) is 0 Å². The van der Waals surface area contributed by atoms with Gasteiger partial charge in [0.05, 0.1) is 0 Å². The largest absolute Gasteiger partial charge is 0.384 e. The van der Waals surface area contributed by atoms with Crippen molar-refractivity contribution >= 4 is 23.1 Å². The molecule has 18 heavy (non-hydrogen) atoms. The van der Waals surface area contributed by atoms with E-state index in [2.05, 4.69) is 4.90 Å². The van der Waals surface area contributed by atoms with E-state index < -0.39 is 0 Å². The first-order valence-electron chi connectivity index (χ1n) is 6.57. The third-order valence-electron chi connectivity index (χ3n) is 3.45. The molecule has 4 heteroatoms. The van der Waals surface area contributed by atoms with E-state index >= 15 is 0 Å². The fourth-order valence-electron chi connectivity index (χ4n) is 2.48. The van der Waals surface area contributed by atoms with Gasteiger partial charge in [0.1, 0.15) is 5.84 Å². The number of hydrogen-bond acceptors (Lipinski definition) is 2. The third-order valence-corrected chi connectivity index (χ3v) is 3.68. The van der Waals surface area contributed by atoms with E-state index in [1.165, 1.54) is 32.1 Å². The smallest absolute Gasteiger partial charge is 0.124 e. The highest BCUT2D eigenvalue weighted by molar-refractivity contribution is 6.31. The topological polar surface area (TPSA) is 53.1 Å². The maximum Gasteiger partial charge on any atom is 0.124 e. The van der Waals surface area contributed by atoms with Crippen LogP contribution in [0.3, 0.4) is 0 Å². The molecule has 3 nitrogen and oxygen atoms in total. The van der Waals surface area contributed by atoms with Crippen LogP contribution in [-0.4, -0.2) is 18.9 Å². The second-order valence-electron chi connectivity index (χ2n) is 4.83. The number of nitrogens with one attached hydrogen (secondary N) is 1. The summed E-state index contributed by atoms with van der Waals surface area (Å²) in [6, 6.07) is 5.57. The van der Waals surface area contributed by atoms with Crippen LogP contribution in [0.15, 0.2) is 18.2 Å². The summed E-state index contributed by atoms with van der Waals surface area (Å²) in [5.74, 6) is 0.115. The van der Waals surface area contributed by atoms with Crippen LogP contribution in [0.2, 0.25) is 5.02 Å². The van der Waals surface area contributed by atoms with Crippen molar-refractivity contribution in [3.05, 3.63) is 28.8 Å². The molecule has 1 aromatic carbocycles. The average Bonchev–Trinajstić information content (AvgIpc) is 2.27. The van der Waals surface area contributed by atoms with E-state index in [0.717, 1.165) is 24.3 Å². The van der Waals surface area contributed by atoms with Crippen LogP contribution in [0.1, 0.15) is 37.7 Å². The van der Waals surface area contributed by atoms with Gasteiger partial charge in [-0.25, -0.2) is 0 Å². The number of nitrogens with zero attached hydrogens (tertiary/aromatic N) is 1. The monoisotopic (exact) mass is 265 g/mol. The van der Waals surface area contributed by atoms with E-state index in [0.29, 0.717) is 5.02 Å². The van der Waals surface area contributed by atoms with Gasteiger partial charge in [-0.15, -0.1) is 0 Å². The molecule has 0 saturated carbocycles. The van der Waals surface area contributed by atoms with Crippen molar-refractivity contribution < 1.29 is 0 Å². The number of nitrogen functional groups attached to an aromatic ring is 1. The van der Waals surface area contributed by atoms with Gasteiger partial charge in [0, 0.05) is 29.4 Å². The molecule has 2 rings (SSSR count). The molecule has 0 atom stereocenters. The summed E-state index contributed by atoms with van der Waals surface area (Å²) in [6.45, 7) is 2.06. The van der Waals surface area contributed by atoms with Gasteiger partial charge in [-0.3, -0.25) is 5.41 Å². The first-order chi connectivity index (χ1) is 8.68. The Kier molecular flexibility index (Phi) is 4.48. The predicted octanol–water partition coefficient (Wildman–Crippen LogP) is 3.39. The maximum atomic E-state index is 7.67. The van der Waals surface area contributed by atoms with Crippen molar-refractivity contribution in [2.75, 3.05) is 18.0 Å². The molecule has 0 bridgehead atoms. The van der Waals surface area contributed by atoms with Crippen LogP contribution in [0.5, 0.6) is 0 Å². The minimum atomic E-state index is 0.115. The summed E-state index contributed by atoms with van der Waals surface area (Å²) < 4.78 is 0. The molecular formula is C14H20ClN3. The van der Waals surface area contributed by atoms with E-state index in [1.54, 1.807) is 6.07 Å². The summed E-state index contributed by atoms with van der Waals surface area (Å²) in [7, 11) is 0. The molecule has 1 fully saturated rings. The van der Waals surface area contributed by atoms with Crippen LogP contribution in [-0.2, 0) is 0 Å². The van der Waals surface area contributed by atoms with Gasteiger partial charge in [-0.05, 0) is 31.0 Å². The second-order valence-corrected chi connectivity index (χ2v) is 5.27. The molecule has 0 aliphatic carbocycles. The Morgan fingerprint density at radius 3 is 2.33 bits per heavy atom. The first-order valence-corrected chi connectivity index (χ1v) is 6.95. The summed E-state index contributed by atoms with van der Waals surface area (Å²) in [4.78, 5) is 2.32. The molecule has 1 heterocycles. The number of hydrogen-bond donors (Lipinski definition) is 2. The Labute approximate surface area is 113 Å². The zero-order chi connectivity index (χ0) is 13.0. The van der Waals surface area contributed by atoms with Crippen LogP contribution in [0.25, 0.3) is 0 Å². The van der Waals surface area contributed by atoms with E-state index in [9.17, 15) is 0 Å². The van der Waals surface area contributed by atoms with Gasteiger partial charge in [0.2, 0.25) is 0 Å². The van der Waals surface area contributed by atoms with Crippen molar-refractivity contribution in [2.24, 2.45) is 5.73 Å². The Balaban J connectivity index is 2.28. The summed E-state index contributed by atoms with van der Waals surface area (Å²) in [5, 5.41) is 8.38. The maximum absolute atomic E-state index is 7.67. The van der Waals surface area contributed by atoms with Crippen molar-refractivity contribution in [1.29, 1.82) is 5.41 Å². The molecule has 0 spiro atoms. The molecular weight excluding hydrogens is 246 g/mol. The molecule has 1 aliphatic heterocycles. The summed E-state index contributed by atoms with van der Waals surface area (Å²) in [5.41, 5.74) is 7.46. The Hall–Kier alpha value is -1.22. The quantitative estimate of drug-likeness (QED) is 0.636. The number of halogens is 1. The van der Waals surface area contributed by atoms with Gasteiger partial charge in [0.25, 0.3) is 0 Å². The van der Waals surface area contributed by atoms with E-state index in [4.69, 9.17) is 22.7 Å². The Morgan fingerprint density at radius 2 is 1.72 bits per heavy atom. The number of anilines is 1. The highest BCUT2D eigenvalue weighted by Crippen LogP contribution is 2.26. The number of amidine groups is 1. The minimum absolute atomic E-state index is 0.115. The van der Waals surface area contributed by atoms with Gasteiger partial charge < -0.3 is 10.6 Å². The molecule has 0 radical (unpaired) electrons. The predicted molar refractivity (Wildman–Crippen MR) is 77.8 cm³/mol. The highest BCUT2D eigenvalue weighted by Gasteiger charge is 2.14. The fourth-order valence-corrected chi connectivity index (χ4v) is 2.65. The normalized spacial score (nSPS) is 17.1. The number of benzene rings is 1. The van der Waals surface area contributed by atoms with Crippen LogP contribution in [0.4, 0.5) is 5.69 Å². The Morgan fingerprint density at radius 1 is 1.11 bits per heavy atom. The van der Waals surface area contributed by atoms with Crippen molar-refractivity contribution in [2.45, 2.75) is 32.1 Å². The summed E-state index contributed by atoms with van der Waals surface area (Å²) in [6.07, 6.45) is 6.30. The van der Waals surface area contributed by atoms with Crippen molar-refractivity contribution in [3.8, 4) is 0 Å². The molecule has 0 unspecified atom stereocenters. The molecule has 1 saturated heterocycles. The molecule has 0 aromatic heterocycles. The molecule has 0 amide bonds. The lowest BCUT2D eigenvalue weighted by Crippen LogP contribution is -2.29. The van der Waals surface area contributed by atoms with E-state index in [1.807, 2.05) is 12.1 Å². The van der Waals surface area contributed by atoms with Gasteiger partial charge in [-0.2, -0.15) is 0 Å². The van der Waals surface area contributed by atoms with E-state index in [-0.39, 0.29) is 5.84 Å². The lowest BCUT2D eigenvalue weighted by atomic mass is 10.1. The zero-order valence-electron chi connectivity index (χ0n) is 10.6. The van der Waals surface area contributed by atoms with Gasteiger partial charge in [-0.1, -0.05) is 30.9 Å². The lowest BCUT2D eigenvalue weighted by Gasteiger charge is -2.28. The average molecular weight is 266 g/mol. The van der Waals surface area contributed by atoms with Crippen LogP contribution < -0.4 is 10.6 Å². The molecule has 3 N–H and O–H groups in total. The third kappa shape index (κ3) is 3.16. The zero-order valence-corrected chi connectivity index (χ0v) is 11.3. The van der Waals surface area contributed by atoms with Crippen LogP contribution >= 0.6 is 11.6 Å². The molecule has 1 aromatic rings. The van der Waals surface area contributed by atoms with Crippen LogP contribution in [0, 0.1) is 5.41 Å².